The zero-order chi connectivity index (χ0) is 16.8. The van der Waals surface area contributed by atoms with Crippen molar-refractivity contribution in [2.45, 2.75) is 37.7 Å². The minimum atomic E-state index is -0.630. The van der Waals surface area contributed by atoms with Gasteiger partial charge in [-0.25, -0.2) is 0 Å². The molecule has 0 saturated heterocycles. The van der Waals surface area contributed by atoms with Crippen LogP contribution < -0.4 is 24.8 Å². The third-order valence-electron chi connectivity index (χ3n) is 5.08. The van der Waals surface area contributed by atoms with E-state index in [1.165, 1.54) is 27.8 Å². The Hall–Kier alpha value is -0.747. The fourth-order valence-electron chi connectivity index (χ4n) is 4.08. The van der Waals surface area contributed by atoms with Crippen LogP contribution in [0.15, 0.2) is 48.6 Å². The van der Waals surface area contributed by atoms with Gasteiger partial charge in [0.05, 0.1) is 0 Å². The van der Waals surface area contributed by atoms with Crippen molar-refractivity contribution in [2.24, 2.45) is 0 Å². The third kappa shape index (κ3) is 3.64. The summed E-state index contributed by atoms with van der Waals surface area (Å²) in [6.07, 6.45) is 7.90. The van der Waals surface area contributed by atoms with Crippen molar-refractivity contribution in [2.75, 3.05) is 0 Å². The molecule has 1 atom stereocenters. The maximum absolute atomic E-state index is 2.45. The summed E-state index contributed by atoms with van der Waals surface area (Å²) < 4.78 is 2.34. The molecule has 2 aromatic rings. The SMILES string of the molecule is C[C](C)=[Zr+2][CH]1c2cc(C)ccc2-c2ccc(C)c(C3=CC=CC3)c21.[Cl-].[Cl-]. The van der Waals surface area contributed by atoms with Gasteiger partial charge in [0, 0.05) is 0 Å². The third-order valence-corrected chi connectivity index (χ3v) is 8.68. The molecule has 0 heterocycles. The van der Waals surface area contributed by atoms with Crippen LogP contribution >= 0.6 is 0 Å². The van der Waals surface area contributed by atoms with E-state index in [1.807, 2.05) is 0 Å². The second kappa shape index (κ2) is 8.51. The number of hydrogen-bond acceptors (Lipinski definition) is 0. The number of allylic oxidation sites excluding steroid dienone is 4. The van der Waals surface area contributed by atoms with E-state index in [1.54, 1.807) is 19.9 Å². The summed E-state index contributed by atoms with van der Waals surface area (Å²) in [5, 5.41) is 0. The molecule has 0 saturated carbocycles. The molecule has 4 rings (SSSR count). The van der Waals surface area contributed by atoms with Crippen LogP contribution in [0.2, 0.25) is 0 Å². The zero-order valence-corrected chi connectivity index (χ0v) is 19.6. The van der Waals surface area contributed by atoms with Gasteiger partial charge >= 0.3 is 157 Å². The topological polar surface area (TPSA) is 0 Å². The first-order chi connectivity index (χ1) is 11.6. The largest absolute Gasteiger partial charge is 1.00 e. The van der Waals surface area contributed by atoms with Crippen LogP contribution in [0.1, 0.15) is 51.7 Å². The molecule has 0 radical (unpaired) electrons. The van der Waals surface area contributed by atoms with E-state index < -0.39 is 22.8 Å². The van der Waals surface area contributed by atoms with Crippen LogP contribution in [0.4, 0.5) is 0 Å². The van der Waals surface area contributed by atoms with Crippen LogP contribution in [-0.2, 0) is 22.8 Å². The van der Waals surface area contributed by atoms with Crippen molar-refractivity contribution < 1.29 is 47.6 Å². The van der Waals surface area contributed by atoms with Gasteiger partial charge in [-0.15, -0.1) is 0 Å². The molecule has 2 aliphatic carbocycles. The Morgan fingerprint density at radius 3 is 2.38 bits per heavy atom. The van der Waals surface area contributed by atoms with Gasteiger partial charge in [-0.05, 0) is 0 Å². The molecular formula is C23H23Cl2Zr. The minimum Gasteiger partial charge on any atom is -1.00 e. The van der Waals surface area contributed by atoms with Gasteiger partial charge in [0.1, 0.15) is 0 Å². The quantitative estimate of drug-likeness (QED) is 0.592. The van der Waals surface area contributed by atoms with Crippen molar-refractivity contribution in [1.29, 1.82) is 0 Å². The molecule has 0 amide bonds. The molecule has 0 aliphatic heterocycles. The molecule has 2 aliphatic rings. The average molecular weight is 462 g/mol. The van der Waals surface area contributed by atoms with Gasteiger partial charge in [0.15, 0.2) is 0 Å². The number of hydrogen-bond donors (Lipinski definition) is 0. The summed E-state index contributed by atoms with van der Waals surface area (Å²) in [6, 6.07) is 11.8. The Morgan fingerprint density at radius 2 is 1.73 bits per heavy atom. The molecular weight excluding hydrogens is 438 g/mol. The molecule has 0 fully saturated rings. The smallest absolute Gasteiger partial charge is 1.00 e. The van der Waals surface area contributed by atoms with Crippen LogP contribution in [0, 0.1) is 13.8 Å². The summed E-state index contributed by atoms with van der Waals surface area (Å²) >= 11 is -0.630. The van der Waals surface area contributed by atoms with Gasteiger partial charge < -0.3 is 24.8 Å². The molecule has 0 N–H and O–H groups in total. The van der Waals surface area contributed by atoms with Gasteiger partial charge in [0.25, 0.3) is 0 Å². The van der Waals surface area contributed by atoms with Crippen molar-refractivity contribution in [3.63, 3.8) is 0 Å². The maximum Gasteiger partial charge on any atom is -1.00 e. The summed E-state index contributed by atoms with van der Waals surface area (Å²) in [7, 11) is 0. The first-order valence-electron chi connectivity index (χ1n) is 8.73. The number of fused-ring (bicyclic) bond motifs is 3. The molecule has 0 aromatic heterocycles. The van der Waals surface area contributed by atoms with Gasteiger partial charge in [-0.3, -0.25) is 0 Å². The van der Waals surface area contributed by atoms with Crippen LogP contribution in [0.5, 0.6) is 0 Å². The molecule has 3 heteroatoms. The molecule has 1 unspecified atom stereocenters. The second-order valence-electron chi connectivity index (χ2n) is 7.21. The Bertz CT molecular complexity index is 931. The molecule has 2 aromatic carbocycles. The standard InChI is InChI=1S/C20H17.C3H6.2ClH.Zr/c1-13-7-9-17-16(11-13)12-19-18(17)10-8-14(2)20(19)15-5-3-4-6-15;1-3-2;;;/h3-5,7-12H,6H2,1-2H3;1-2H3;2*1H;/q;;;;+2/p-2. The summed E-state index contributed by atoms with van der Waals surface area (Å²) in [6.45, 7) is 9.19. The molecule has 133 valence electrons. The van der Waals surface area contributed by atoms with E-state index in [0.29, 0.717) is 3.63 Å². The fraction of sp³-hybridized carbons (Fsp3) is 0.261. The first-order valence-corrected chi connectivity index (χ1v) is 11.4. The first kappa shape index (κ1) is 21.6. The van der Waals surface area contributed by atoms with E-state index in [4.69, 9.17) is 0 Å². The van der Waals surface area contributed by atoms with Crippen LogP contribution in [0.25, 0.3) is 16.7 Å². The summed E-state index contributed by atoms with van der Waals surface area (Å²) in [4.78, 5) is 0. The number of halogens is 2. The van der Waals surface area contributed by atoms with Crippen molar-refractivity contribution in [1.82, 2.24) is 0 Å². The molecule has 0 nitrogen and oxygen atoms in total. The number of aryl methyl sites for hydroxylation is 2. The van der Waals surface area contributed by atoms with E-state index in [-0.39, 0.29) is 24.8 Å². The van der Waals surface area contributed by atoms with Crippen LogP contribution in [0.3, 0.4) is 0 Å². The Labute approximate surface area is 180 Å². The number of benzene rings is 2. The molecule has 0 bridgehead atoms. The van der Waals surface area contributed by atoms with E-state index in [0.717, 1.165) is 6.42 Å². The van der Waals surface area contributed by atoms with Crippen molar-refractivity contribution in [3.8, 4) is 11.1 Å². The van der Waals surface area contributed by atoms with Gasteiger partial charge in [0.2, 0.25) is 0 Å². The zero-order valence-electron chi connectivity index (χ0n) is 15.7. The Morgan fingerprint density at radius 1 is 1.00 bits per heavy atom. The minimum absolute atomic E-state index is 0. The normalized spacial score (nSPS) is 16.0. The van der Waals surface area contributed by atoms with E-state index in [9.17, 15) is 0 Å². The van der Waals surface area contributed by atoms with Crippen molar-refractivity contribution >= 4 is 8.78 Å². The van der Waals surface area contributed by atoms with E-state index >= 15 is 0 Å². The van der Waals surface area contributed by atoms with Gasteiger partial charge in [-0.2, -0.15) is 0 Å². The predicted octanol–water partition coefficient (Wildman–Crippen LogP) is 0.0192. The second-order valence-corrected chi connectivity index (χ2v) is 11.8. The number of rotatable bonds is 2. The van der Waals surface area contributed by atoms with Gasteiger partial charge in [-0.1, -0.05) is 0 Å². The summed E-state index contributed by atoms with van der Waals surface area (Å²) in [5.41, 5.74) is 12.1. The monoisotopic (exact) mass is 459 g/mol. The van der Waals surface area contributed by atoms with Crippen LogP contribution in [-0.4, -0.2) is 3.21 Å². The maximum atomic E-state index is 2.45. The summed E-state index contributed by atoms with van der Waals surface area (Å²) in [5.74, 6) is 0. The van der Waals surface area contributed by atoms with Crippen molar-refractivity contribution in [3.05, 3.63) is 76.4 Å². The Kier molecular flexibility index (Phi) is 7.05. The molecule has 26 heavy (non-hydrogen) atoms. The Balaban J connectivity index is 0.00000121. The fourth-order valence-corrected chi connectivity index (χ4v) is 7.56. The molecule has 0 spiro atoms. The van der Waals surface area contributed by atoms with E-state index in [2.05, 4.69) is 76.3 Å². The average Bonchev–Trinajstić information content (AvgIpc) is 3.15. The predicted molar refractivity (Wildman–Crippen MR) is 101 cm³/mol.